The Bertz CT molecular complexity index is 959. The molecule has 0 unspecified atom stereocenters. The summed E-state index contributed by atoms with van der Waals surface area (Å²) in [5.41, 5.74) is 0.641. The number of carbonyl (C=O) groups excluding carboxylic acids is 2. The van der Waals surface area contributed by atoms with Gasteiger partial charge in [-0.1, -0.05) is 60.5 Å². The highest BCUT2D eigenvalue weighted by molar-refractivity contribution is 6.42. The molecule has 1 aliphatic heterocycles. The van der Waals surface area contributed by atoms with Crippen LogP contribution in [0.5, 0.6) is 0 Å². The van der Waals surface area contributed by atoms with Gasteiger partial charge in [0.15, 0.2) is 0 Å². The SMILES string of the molecule is CC1CCC2(CC1)OC[C@@H](C(=O)NCc1ccccc1)N2C(=O)c1ccc(Cl)c(Cl)c1. The first kappa shape index (κ1) is 22.1. The van der Waals surface area contributed by atoms with Gasteiger partial charge < -0.3 is 10.1 Å². The lowest BCUT2D eigenvalue weighted by Crippen LogP contribution is -2.56. The topological polar surface area (TPSA) is 58.6 Å². The molecule has 0 aromatic heterocycles. The van der Waals surface area contributed by atoms with Gasteiger partial charge in [-0.2, -0.15) is 0 Å². The quantitative estimate of drug-likeness (QED) is 0.693. The average molecular weight is 461 g/mol. The van der Waals surface area contributed by atoms with Gasteiger partial charge in [-0.25, -0.2) is 0 Å². The smallest absolute Gasteiger partial charge is 0.256 e. The summed E-state index contributed by atoms with van der Waals surface area (Å²) in [6.45, 7) is 2.79. The summed E-state index contributed by atoms with van der Waals surface area (Å²) in [7, 11) is 0. The molecule has 1 saturated carbocycles. The van der Waals surface area contributed by atoms with Crippen molar-refractivity contribution in [2.45, 2.75) is 50.9 Å². The number of nitrogens with zero attached hydrogens (tertiary/aromatic N) is 1. The highest BCUT2D eigenvalue weighted by atomic mass is 35.5. The van der Waals surface area contributed by atoms with Crippen LogP contribution in [0.15, 0.2) is 48.5 Å². The predicted octanol–water partition coefficient (Wildman–Crippen LogP) is 5.06. The molecule has 2 amide bonds. The molecule has 1 saturated heterocycles. The maximum Gasteiger partial charge on any atom is 0.256 e. The molecule has 4 rings (SSSR count). The molecule has 0 radical (unpaired) electrons. The van der Waals surface area contributed by atoms with Gasteiger partial charge in [0.05, 0.1) is 16.7 Å². The maximum absolute atomic E-state index is 13.6. The van der Waals surface area contributed by atoms with E-state index in [2.05, 4.69) is 12.2 Å². The van der Waals surface area contributed by atoms with Crippen LogP contribution >= 0.6 is 23.2 Å². The van der Waals surface area contributed by atoms with E-state index in [1.165, 1.54) is 0 Å². The number of rotatable bonds is 4. The van der Waals surface area contributed by atoms with E-state index >= 15 is 0 Å². The van der Waals surface area contributed by atoms with Crippen molar-refractivity contribution in [3.8, 4) is 0 Å². The third-order valence-corrected chi connectivity index (χ3v) is 7.05. The summed E-state index contributed by atoms with van der Waals surface area (Å²) in [5, 5.41) is 3.66. The van der Waals surface area contributed by atoms with Gasteiger partial charge in [0, 0.05) is 12.1 Å². The first-order valence-corrected chi connectivity index (χ1v) is 11.4. The van der Waals surface area contributed by atoms with Crippen LogP contribution in [0.1, 0.15) is 48.5 Å². The zero-order valence-corrected chi connectivity index (χ0v) is 19.0. The lowest BCUT2D eigenvalue weighted by Gasteiger charge is -2.43. The molecule has 2 aromatic rings. The van der Waals surface area contributed by atoms with Gasteiger partial charge in [-0.05, 0) is 55.4 Å². The molecule has 2 aromatic carbocycles. The van der Waals surface area contributed by atoms with E-state index in [1.54, 1.807) is 23.1 Å². The molecule has 5 nitrogen and oxygen atoms in total. The van der Waals surface area contributed by atoms with Crippen molar-refractivity contribution in [1.29, 1.82) is 0 Å². The molecule has 1 heterocycles. The molecule has 1 N–H and O–H groups in total. The van der Waals surface area contributed by atoms with Crippen LogP contribution in [0, 0.1) is 5.92 Å². The number of amides is 2. The number of halogens is 2. The Balaban J connectivity index is 1.60. The van der Waals surface area contributed by atoms with E-state index in [0.717, 1.165) is 18.4 Å². The molecule has 1 atom stereocenters. The van der Waals surface area contributed by atoms with Crippen molar-refractivity contribution >= 4 is 35.0 Å². The highest BCUT2D eigenvalue weighted by Crippen LogP contribution is 2.43. The third kappa shape index (κ3) is 4.59. The van der Waals surface area contributed by atoms with Gasteiger partial charge in [-0.15, -0.1) is 0 Å². The van der Waals surface area contributed by atoms with Gasteiger partial charge in [0.1, 0.15) is 11.8 Å². The Labute approximate surface area is 192 Å². The normalized spacial score (nSPS) is 25.6. The maximum atomic E-state index is 13.6. The van der Waals surface area contributed by atoms with Crippen molar-refractivity contribution < 1.29 is 14.3 Å². The molecular weight excluding hydrogens is 435 g/mol. The average Bonchev–Trinajstić information content (AvgIpc) is 3.15. The molecule has 164 valence electrons. The number of benzene rings is 2. The van der Waals surface area contributed by atoms with Crippen molar-refractivity contribution in [3.05, 3.63) is 69.7 Å². The second-order valence-electron chi connectivity index (χ2n) is 8.46. The summed E-state index contributed by atoms with van der Waals surface area (Å²) < 4.78 is 6.21. The fourth-order valence-electron chi connectivity index (χ4n) is 4.45. The molecule has 1 spiro atoms. The molecule has 2 aliphatic rings. The zero-order valence-electron chi connectivity index (χ0n) is 17.4. The van der Waals surface area contributed by atoms with Crippen LogP contribution in [0.2, 0.25) is 10.0 Å². The van der Waals surface area contributed by atoms with E-state index < -0.39 is 11.8 Å². The summed E-state index contributed by atoms with van der Waals surface area (Å²) in [5.74, 6) is 0.0975. The number of ether oxygens (including phenoxy) is 1. The highest BCUT2D eigenvalue weighted by Gasteiger charge is 2.53. The minimum absolute atomic E-state index is 0.183. The standard InChI is InChI=1S/C24H26Cl2N2O3/c1-16-9-11-24(12-10-16)28(23(30)18-7-8-19(25)20(26)13-18)21(15-31-24)22(29)27-14-17-5-3-2-4-6-17/h2-8,13,16,21H,9-12,14-15H2,1H3,(H,27,29)/t16?,21-,24?/m0/s1. The molecule has 0 bridgehead atoms. The van der Waals surface area contributed by atoms with Crippen LogP contribution in [0.3, 0.4) is 0 Å². The summed E-state index contributed by atoms with van der Waals surface area (Å²) in [6, 6.07) is 13.8. The number of hydrogen-bond donors (Lipinski definition) is 1. The van der Waals surface area contributed by atoms with Gasteiger partial charge in [-0.3, -0.25) is 14.5 Å². The van der Waals surface area contributed by atoms with Crippen LogP contribution in [0.25, 0.3) is 0 Å². The number of nitrogens with one attached hydrogen (secondary N) is 1. The fraction of sp³-hybridized carbons (Fsp3) is 0.417. The summed E-state index contributed by atoms with van der Waals surface area (Å²) in [4.78, 5) is 28.4. The van der Waals surface area contributed by atoms with E-state index in [1.807, 2.05) is 30.3 Å². The largest absolute Gasteiger partial charge is 0.353 e. The number of hydrogen-bond acceptors (Lipinski definition) is 3. The second-order valence-corrected chi connectivity index (χ2v) is 9.28. The van der Waals surface area contributed by atoms with E-state index in [-0.39, 0.29) is 18.4 Å². The summed E-state index contributed by atoms with van der Waals surface area (Å²) >= 11 is 12.2. The lowest BCUT2D eigenvalue weighted by molar-refractivity contribution is -0.128. The van der Waals surface area contributed by atoms with E-state index in [0.29, 0.717) is 40.9 Å². The van der Waals surface area contributed by atoms with Crippen LogP contribution in [0.4, 0.5) is 0 Å². The van der Waals surface area contributed by atoms with E-state index in [4.69, 9.17) is 27.9 Å². The Morgan fingerprint density at radius 2 is 1.81 bits per heavy atom. The van der Waals surface area contributed by atoms with Crippen molar-refractivity contribution in [1.82, 2.24) is 10.2 Å². The lowest BCUT2D eigenvalue weighted by atomic mass is 9.83. The van der Waals surface area contributed by atoms with Crippen molar-refractivity contribution in [3.63, 3.8) is 0 Å². The predicted molar refractivity (Wildman–Crippen MR) is 121 cm³/mol. The Morgan fingerprint density at radius 1 is 1.10 bits per heavy atom. The van der Waals surface area contributed by atoms with Crippen LogP contribution in [-0.2, 0) is 16.1 Å². The Hall–Kier alpha value is -2.08. The second kappa shape index (κ2) is 9.19. The first-order valence-electron chi connectivity index (χ1n) is 10.6. The zero-order chi connectivity index (χ0) is 22.0. The third-order valence-electron chi connectivity index (χ3n) is 6.31. The number of carbonyl (C=O) groups is 2. The van der Waals surface area contributed by atoms with Crippen molar-refractivity contribution in [2.75, 3.05) is 6.61 Å². The van der Waals surface area contributed by atoms with Gasteiger partial charge in [0.25, 0.3) is 5.91 Å². The first-order chi connectivity index (χ1) is 14.9. The Kier molecular flexibility index (Phi) is 6.56. The monoisotopic (exact) mass is 460 g/mol. The molecular formula is C24H26Cl2N2O3. The molecule has 7 heteroatoms. The molecule has 1 aliphatic carbocycles. The van der Waals surface area contributed by atoms with Gasteiger partial charge >= 0.3 is 0 Å². The van der Waals surface area contributed by atoms with E-state index in [9.17, 15) is 9.59 Å². The van der Waals surface area contributed by atoms with Crippen molar-refractivity contribution in [2.24, 2.45) is 5.92 Å². The molecule has 2 fully saturated rings. The summed E-state index contributed by atoms with van der Waals surface area (Å²) in [6.07, 6.45) is 3.32. The minimum Gasteiger partial charge on any atom is -0.353 e. The van der Waals surface area contributed by atoms with Crippen LogP contribution in [-0.4, -0.2) is 35.1 Å². The molecule has 31 heavy (non-hydrogen) atoms. The minimum atomic E-state index is -0.759. The fourth-order valence-corrected chi connectivity index (χ4v) is 4.75. The van der Waals surface area contributed by atoms with Gasteiger partial charge in [0.2, 0.25) is 5.91 Å². The van der Waals surface area contributed by atoms with Crippen LogP contribution < -0.4 is 5.32 Å². The Morgan fingerprint density at radius 3 is 2.48 bits per heavy atom.